The maximum absolute atomic E-state index is 12.4. The molecule has 3 fully saturated rings. The number of hydrogen-bond acceptors (Lipinski definition) is 2. The third-order valence-corrected chi connectivity index (χ3v) is 5.66. The molecule has 0 bridgehead atoms. The van der Waals surface area contributed by atoms with E-state index in [9.17, 15) is 9.59 Å². The van der Waals surface area contributed by atoms with E-state index in [0.29, 0.717) is 25.0 Å². The number of carbonyl (C=O) groups excluding carboxylic acids is 2. The zero-order valence-electron chi connectivity index (χ0n) is 13.1. The van der Waals surface area contributed by atoms with E-state index in [1.165, 1.54) is 25.7 Å². The second kappa shape index (κ2) is 6.37. The van der Waals surface area contributed by atoms with Gasteiger partial charge >= 0.3 is 0 Å². The molecule has 0 aromatic heterocycles. The van der Waals surface area contributed by atoms with E-state index >= 15 is 0 Å². The van der Waals surface area contributed by atoms with Crippen LogP contribution < -0.4 is 5.32 Å². The Kier molecular flexibility index (Phi) is 4.51. The van der Waals surface area contributed by atoms with Crippen LogP contribution in [0.4, 0.5) is 0 Å². The van der Waals surface area contributed by atoms with Crippen LogP contribution in [0.1, 0.15) is 64.7 Å². The minimum Gasteiger partial charge on any atom is -0.353 e. The monoisotopic (exact) mass is 292 g/mol. The molecule has 1 N–H and O–H groups in total. The summed E-state index contributed by atoms with van der Waals surface area (Å²) in [6.45, 7) is 2.94. The summed E-state index contributed by atoms with van der Waals surface area (Å²) < 4.78 is 0. The molecule has 118 valence electrons. The lowest BCUT2D eigenvalue weighted by Gasteiger charge is -2.28. The molecule has 1 saturated heterocycles. The van der Waals surface area contributed by atoms with Gasteiger partial charge in [-0.2, -0.15) is 0 Å². The van der Waals surface area contributed by atoms with Crippen LogP contribution in [-0.4, -0.2) is 35.3 Å². The number of nitrogens with zero attached hydrogens (tertiary/aromatic N) is 1. The molecule has 0 spiro atoms. The molecule has 1 aliphatic heterocycles. The van der Waals surface area contributed by atoms with Gasteiger partial charge in [-0.1, -0.05) is 19.8 Å². The van der Waals surface area contributed by atoms with Gasteiger partial charge in [0.25, 0.3) is 0 Å². The number of amides is 2. The van der Waals surface area contributed by atoms with Crippen molar-refractivity contribution in [2.75, 3.05) is 6.54 Å². The van der Waals surface area contributed by atoms with Gasteiger partial charge in [-0.05, 0) is 44.4 Å². The molecule has 4 nitrogen and oxygen atoms in total. The Morgan fingerprint density at radius 3 is 2.43 bits per heavy atom. The Bertz CT molecular complexity index is 396. The second-order valence-electron chi connectivity index (χ2n) is 7.35. The van der Waals surface area contributed by atoms with E-state index in [4.69, 9.17) is 0 Å². The predicted octanol–water partition coefficient (Wildman–Crippen LogP) is 2.47. The van der Waals surface area contributed by atoms with Crippen molar-refractivity contribution < 1.29 is 9.59 Å². The van der Waals surface area contributed by atoms with Crippen molar-refractivity contribution in [3.63, 3.8) is 0 Å². The predicted molar refractivity (Wildman–Crippen MR) is 81.6 cm³/mol. The minimum atomic E-state index is -0.113. The Morgan fingerprint density at radius 1 is 1.10 bits per heavy atom. The van der Waals surface area contributed by atoms with Crippen LogP contribution >= 0.6 is 0 Å². The van der Waals surface area contributed by atoms with Crippen molar-refractivity contribution in [2.24, 2.45) is 11.8 Å². The molecule has 1 atom stereocenters. The van der Waals surface area contributed by atoms with E-state index in [2.05, 4.69) is 12.2 Å². The van der Waals surface area contributed by atoms with Gasteiger partial charge in [0.1, 0.15) is 0 Å². The number of nitrogens with one attached hydrogen (secondary N) is 1. The summed E-state index contributed by atoms with van der Waals surface area (Å²) in [5.41, 5.74) is 0. The first kappa shape index (κ1) is 14.9. The highest BCUT2D eigenvalue weighted by atomic mass is 16.2. The third kappa shape index (κ3) is 3.41. The SMILES string of the molecule is CC1CCC(NC(=O)C2CC(=O)N(C3CCCC3)C2)CC1. The summed E-state index contributed by atoms with van der Waals surface area (Å²) >= 11 is 0. The second-order valence-corrected chi connectivity index (χ2v) is 7.35. The Balaban J connectivity index is 1.50. The zero-order chi connectivity index (χ0) is 14.8. The fraction of sp³-hybridized carbons (Fsp3) is 0.882. The average molecular weight is 292 g/mol. The summed E-state index contributed by atoms with van der Waals surface area (Å²) in [7, 11) is 0. The Labute approximate surface area is 127 Å². The van der Waals surface area contributed by atoms with Crippen LogP contribution in [0.3, 0.4) is 0 Å². The standard InChI is InChI=1S/C17H28N2O2/c1-12-6-8-14(9-7-12)18-17(21)13-10-16(20)19(11-13)15-4-2-3-5-15/h12-15H,2-11H2,1H3,(H,18,21). The molecular formula is C17H28N2O2. The van der Waals surface area contributed by atoms with Crippen molar-refractivity contribution >= 4 is 11.8 Å². The smallest absolute Gasteiger partial charge is 0.225 e. The first-order valence-electron chi connectivity index (χ1n) is 8.73. The van der Waals surface area contributed by atoms with Gasteiger partial charge in [0.05, 0.1) is 5.92 Å². The molecular weight excluding hydrogens is 264 g/mol. The van der Waals surface area contributed by atoms with E-state index < -0.39 is 0 Å². The lowest BCUT2D eigenvalue weighted by molar-refractivity contribution is -0.130. The molecule has 21 heavy (non-hydrogen) atoms. The molecule has 3 aliphatic rings. The van der Waals surface area contributed by atoms with Crippen LogP contribution in [0, 0.1) is 11.8 Å². The first-order chi connectivity index (χ1) is 10.1. The molecule has 0 aromatic carbocycles. The van der Waals surface area contributed by atoms with Crippen LogP contribution in [0.15, 0.2) is 0 Å². The van der Waals surface area contributed by atoms with Crippen molar-refractivity contribution in [2.45, 2.75) is 76.8 Å². The molecule has 1 heterocycles. The molecule has 2 amide bonds. The highest BCUT2D eigenvalue weighted by Crippen LogP contribution is 2.30. The molecule has 0 radical (unpaired) electrons. The number of carbonyl (C=O) groups is 2. The normalized spacial score (nSPS) is 34.4. The summed E-state index contributed by atoms with van der Waals surface area (Å²) in [5, 5.41) is 3.20. The lowest BCUT2D eigenvalue weighted by Crippen LogP contribution is -2.42. The van der Waals surface area contributed by atoms with Gasteiger partial charge in [-0.15, -0.1) is 0 Å². The lowest BCUT2D eigenvalue weighted by atomic mass is 9.87. The summed E-state index contributed by atoms with van der Waals surface area (Å²) in [6, 6.07) is 0.746. The van der Waals surface area contributed by atoms with Crippen molar-refractivity contribution in [1.29, 1.82) is 0 Å². The number of likely N-dealkylation sites (tertiary alicyclic amines) is 1. The quantitative estimate of drug-likeness (QED) is 0.868. The Hall–Kier alpha value is -1.06. The van der Waals surface area contributed by atoms with Crippen LogP contribution in [-0.2, 0) is 9.59 Å². The van der Waals surface area contributed by atoms with E-state index in [1.807, 2.05) is 4.90 Å². The van der Waals surface area contributed by atoms with Gasteiger partial charge < -0.3 is 10.2 Å². The maximum atomic E-state index is 12.4. The highest BCUT2D eigenvalue weighted by Gasteiger charge is 2.39. The van der Waals surface area contributed by atoms with Gasteiger partial charge in [-0.3, -0.25) is 9.59 Å². The zero-order valence-corrected chi connectivity index (χ0v) is 13.1. The summed E-state index contributed by atoms with van der Waals surface area (Å²) in [5.74, 6) is 0.990. The topological polar surface area (TPSA) is 49.4 Å². The molecule has 2 aliphatic carbocycles. The van der Waals surface area contributed by atoms with Crippen LogP contribution in [0.5, 0.6) is 0 Å². The van der Waals surface area contributed by atoms with Gasteiger partial charge in [-0.25, -0.2) is 0 Å². The Morgan fingerprint density at radius 2 is 1.76 bits per heavy atom. The van der Waals surface area contributed by atoms with Crippen molar-refractivity contribution in [3.8, 4) is 0 Å². The van der Waals surface area contributed by atoms with E-state index in [0.717, 1.165) is 31.6 Å². The van der Waals surface area contributed by atoms with Crippen molar-refractivity contribution in [3.05, 3.63) is 0 Å². The molecule has 2 saturated carbocycles. The molecule has 3 rings (SSSR count). The average Bonchev–Trinajstić information content (AvgIpc) is 3.10. The molecule has 0 aromatic rings. The van der Waals surface area contributed by atoms with E-state index in [1.54, 1.807) is 0 Å². The third-order valence-electron chi connectivity index (χ3n) is 5.66. The fourth-order valence-corrected chi connectivity index (χ4v) is 4.20. The van der Waals surface area contributed by atoms with Crippen LogP contribution in [0.25, 0.3) is 0 Å². The number of rotatable bonds is 3. The molecule has 1 unspecified atom stereocenters. The van der Waals surface area contributed by atoms with Gasteiger partial charge in [0, 0.05) is 25.0 Å². The largest absolute Gasteiger partial charge is 0.353 e. The number of hydrogen-bond donors (Lipinski definition) is 1. The minimum absolute atomic E-state index is 0.113. The molecule has 4 heteroatoms. The van der Waals surface area contributed by atoms with Crippen molar-refractivity contribution in [1.82, 2.24) is 10.2 Å². The first-order valence-corrected chi connectivity index (χ1v) is 8.73. The highest BCUT2D eigenvalue weighted by molar-refractivity contribution is 5.89. The van der Waals surface area contributed by atoms with Crippen LogP contribution in [0.2, 0.25) is 0 Å². The fourth-order valence-electron chi connectivity index (χ4n) is 4.20. The maximum Gasteiger partial charge on any atom is 0.225 e. The summed E-state index contributed by atoms with van der Waals surface area (Å²) in [4.78, 5) is 26.6. The van der Waals surface area contributed by atoms with Gasteiger partial charge in [0.2, 0.25) is 11.8 Å². The van der Waals surface area contributed by atoms with Gasteiger partial charge in [0.15, 0.2) is 0 Å². The summed E-state index contributed by atoms with van der Waals surface area (Å²) in [6.07, 6.45) is 9.75. The van der Waals surface area contributed by atoms with E-state index in [-0.39, 0.29) is 17.7 Å².